The highest BCUT2D eigenvalue weighted by atomic mass is 35.5. The van der Waals surface area contributed by atoms with Gasteiger partial charge in [-0.2, -0.15) is 4.31 Å². The van der Waals surface area contributed by atoms with E-state index >= 15 is 0 Å². The fraction of sp³-hybridized carbons (Fsp3) is 0.632. The summed E-state index contributed by atoms with van der Waals surface area (Å²) in [6, 6.07) is 8.59. The van der Waals surface area contributed by atoms with Gasteiger partial charge in [0.2, 0.25) is 15.9 Å². The molecule has 2 aliphatic rings. The van der Waals surface area contributed by atoms with Crippen molar-refractivity contribution in [2.75, 3.05) is 32.7 Å². The fourth-order valence-electron chi connectivity index (χ4n) is 3.74. The van der Waals surface area contributed by atoms with E-state index in [9.17, 15) is 13.2 Å². The first-order chi connectivity index (χ1) is 12.6. The first-order valence-corrected chi connectivity index (χ1v) is 11.0. The van der Waals surface area contributed by atoms with E-state index < -0.39 is 10.0 Å². The van der Waals surface area contributed by atoms with E-state index in [1.807, 2.05) is 6.07 Å². The van der Waals surface area contributed by atoms with E-state index in [0.29, 0.717) is 42.8 Å². The molecule has 1 aromatic rings. The largest absolute Gasteiger partial charge is 0.356 e. The van der Waals surface area contributed by atoms with E-state index in [0.717, 1.165) is 32.4 Å². The quantitative estimate of drug-likeness (QED) is 0.714. The van der Waals surface area contributed by atoms with Crippen molar-refractivity contribution in [3.63, 3.8) is 0 Å². The average Bonchev–Trinajstić information content (AvgIpc) is 3.19. The van der Waals surface area contributed by atoms with Crippen LogP contribution in [0, 0.1) is 11.8 Å². The number of carbonyl (C=O) groups excluding carboxylic acids is 1. The first-order valence-electron chi connectivity index (χ1n) is 9.58. The molecule has 6 nitrogen and oxygen atoms in total. The van der Waals surface area contributed by atoms with Crippen molar-refractivity contribution in [2.45, 2.75) is 37.0 Å². The van der Waals surface area contributed by atoms with Crippen LogP contribution in [0.3, 0.4) is 0 Å². The maximum absolute atomic E-state index is 12.6. The molecule has 2 fully saturated rings. The van der Waals surface area contributed by atoms with Crippen LogP contribution in [-0.2, 0) is 14.8 Å². The van der Waals surface area contributed by atoms with Gasteiger partial charge in [-0.05, 0) is 62.7 Å². The summed E-state index contributed by atoms with van der Waals surface area (Å²) in [5, 5.41) is 6.36. The minimum absolute atomic E-state index is 0. The predicted molar refractivity (Wildman–Crippen MR) is 108 cm³/mol. The van der Waals surface area contributed by atoms with Gasteiger partial charge in [-0.25, -0.2) is 8.42 Å². The van der Waals surface area contributed by atoms with Crippen LogP contribution < -0.4 is 10.6 Å². The SMILES string of the molecule is Cl.O=C(CCC1CCNC1)NCC1CCN(S(=O)(=O)c2ccccc2)CC1. The zero-order chi connectivity index (χ0) is 18.4. The molecule has 8 heteroatoms. The van der Waals surface area contributed by atoms with Crippen molar-refractivity contribution in [1.82, 2.24) is 14.9 Å². The first kappa shape index (κ1) is 22.1. The summed E-state index contributed by atoms with van der Waals surface area (Å²) < 4.78 is 26.8. The Hall–Kier alpha value is -1.15. The average molecular weight is 416 g/mol. The summed E-state index contributed by atoms with van der Waals surface area (Å²) in [7, 11) is -3.39. The molecule has 3 rings (SSSR count). The van der Waals surface area contributed by atoms with Crippen molar-refractivity contribution in [1.29, 1.82) is 0 Å². The second-order valence-electron chi connectivity index (χ2n) is 7.36. The maximum atomic E-state index is 12.6. The summed E-state index contributed by atoms with van der Waals surface area (Å²) in [6.07, 6.45) is 4.29. The van der Waals surface area contributed by atoms with Gasteiger partial charge in [-0.1, -0.05) is 18.2 Å². The number of sulfonamides is 1. The van der Waals surface area contributed by atoms with Gasteiger partial charge in [0.25, 0.3) is 0 Å². The van der Waals surface area contributed by atoms with Gasteiger partial charge in [0.1, 0.15) is 0 Å². The lowest BCUT2D eigenvalue weighted by molar-refractivity contribution is -0.121. The van der Waals surface area contributed by atoms with Gasteiger partial charge in [-0.3, -0.25) is 4.79 Å². The highest BCUT2D eigenvalue weighted by Gasteiger charge is 2.29. The third-order valence-corrected chi connectivity index (χ3v) is 7.40. The lowest BCUT2D eigenvalue weighted by atomic mass is 9.98. The second kappa shape index (κ2) is 10.4. The number of halogens is 1. The van der Waals surface area contributed by atoms with Crippen molar-refractivity contribution in [2.24, 2.45) is 11.8 Å². The Kier molecular flexibility index (Phi) is 8.54. The maximum Gasteiger partial charge on any atom is 0.243 e. The molecule has 2 N–H and O–H groups in total. The molecule has 0 spiro atoms. The Morgan fingerprint density at radius 2 is 1.81 bits per heavy atom. The number of rotatable bonds is 7. The number of hydrogen-bond donors (Lipinski definition) is 2. The number of nitrogens with zero attached hydrogens (tertiary/aromatic N) is 1. The van der Waals surface area contributed by atoms with Crippen molar-refractivity contribution in [3.05, 3.63) is 30.3 Å². The molecule has 1 aromatic carbocycles. The van der Waals surface area contributed by atoms with Crippen LogP contribution in [0.1, 0.15) is 32.1 Å². The third kappa shape index (κ3) is 6.17. The standard InChI is InChI=1S/C19H29N3O3S.ClH/c23-19(7-6-16-8-11-20-14-16)21-15-17-9-12-22(13-10-17)26(24,25)18-4-2-1-3-5-18;/h1-5,16-17,20H,6-15H2,(H,21,23);1H. The number of carbonyl (C=O) groups is 1. The van der Waals surface area contributed by atoms with Gasteiger partial charge in [0.05, 0.1) is 4.90 Å². The smallest absolute Gasteiger partial charge is 0.243 e. The number of hydrogen-bond acceptors (Lipinski definition) is 4. The second-order valence-corrected chi connectivity index (χ2v) is 9.30. The zero-order valence-electron chi connectivity index (χ0n) is 15.6. The number of nitrogens with one attached hydrogen (secondary N) is 2. The Labute approximate surface area is 168 Å². The molecule has 27 heavy (non-hydrogen) atoms. The van der Waals surface area contributed by atoms with E-state index in [-0.39, 0.29) is 18.3 Å². The Morgan fingerprint density at radius 3 is 2.44 bits per heavy atom. The lowest BCUT2D eigenvalue weighted by Crippen LogP contribution is -2.41. The minimum Gasteiger partial charge on any atom is -0.356 e. The van der Waals surface area contributed by atoms with Crippen molar-refractivity contribution < 1.29 is 13.2 Å². The van der Waals surface area contributed by atoms with E-state index in [2.05, 4.69) is 10.6 Å². The number of amides is 1. The van der Waals surface area contributed by atoms with Crippen LogP contribution >= 0.6 is 12.4 Å². The lowest BCUT2D eigenvalue weighted by Gasteiger charge is -2.31. The molecule has 1 atom stereocenters. The van der Waals surface area contributed by atoms with Crippen LogP contribution in [0.15, 0.2) is 35.2 Å². The van der Waals surface area contributed by atoms with Crippen LogP contribution in [0.4, 0.5) is 0 Å². The molecular weight excluding hydrogens is 386 g/mol. The minimum atomic E-state index is -3.39. The summed E-state index contributed by atoms with van der Waals surface area (Å²) in [4.78, 5) is 12.4. The van der Waals surface area contributed by atoms with Crippen molar-refractivity contribution in [3.8, 4) is 0 Å². The molecule has 0 radical (unpaired) electrons. The molecular formula is C19H30ClN3O3S. The normalized spacial score (nSPS) is 21.6. The predicted octanol–water partition coefficient (Wildman–Crippen LogP) is 2.01. The molecule has 0 saturated carbocycles. The molecule has 2 heterocycles. The van der Waals surface area contributed by atoms with Gasteiger partial charge < -0.3 is 10.6 Å². The summed E-state index contributed by atoms with van der Waals surface area (Å²) in [6.45, 7) is 3.79. The Bertz CT molecular complexity index is 685. The zero-order valence-corrected chi connectivity index (χ0v) is 17.2. The van der Waals surface area contributed by atoms with Gasteiger partial charge >= 0.3 is 0 Å². The van der Waals surface area contributed by atoms with Gasteiger partial charge in [0, 0.05) is 26.1 Å². The molecule has 2 saturated heterocycles. The van der Waals surface area contributed by atoms with Crippen molar-refractivity contribution >= 4 is 28.3 Å². The Balaban J connectivity index is 0.00000261. The van der Waals surface area contributed by atoms with Gasteiger partial charge in [-0.15, -0.1) is 12.4 Å². The molecule has 0 aromatic heterocycles. The monoisotopic (exact) mass is 415 g/mol. The summed E-state index contributed by atoms with van der Waals surface area (Å²) in [5.74, 6) is 1.11. The number of benzene rings is 1. The Morgan fingerprint density at radius 1 is 1.11 bits per heavy atom. The fourth-order valence-corrected chi connectivity index (χ4v) is 5.23. The molecule has 1 unspecified atom stereocenters. The topological polar surface area (TPSA) is 78.5 Å². The number of piperidine rings is 1. The molecule has 152 valence electrons. The van der Waals surface area contributed by atoms with Gasteiger partial charge in [0.15, 0.2) is 0 Å². The molecule has 2 aliphatic heterocycles. The molecule has 0 aliphatic carbocycles. The van der Waals surface area contributed by atoms with Crippen LogP contribution in [0.5, 0.6) is 0 Å². The third-order valence-electron chi connectivity index (χ3n) is 5.48. The summed E-state index contributed by atoms with van der Waals surface area (Å²) >= 11 is 0. The molecule has 1 amide bonds. The van der Waals surface area contributed by atoms with Crippen LogP contribution in [0.25, 0.3) is 0 Å². The van der Waals surface area contributed by atoms with Crippen LogP contribution in [-0.4, -0.2) is 51.4 Å². The highest BCUT2D eigenvalue weighted by molar-refractivity contribution is 7.89. The van der Waals surface area contributed by atoms with E-state index in [1.165, 1.54) is 6.42 Å². The molecule has 0 bridgehead atoms. The summed E-state index contributed by atoms with van der Waals surface area (Å²) in [5.41, 5.74) is 0. The van der Waals surface area contributed by atoms with E-state index in [4.69, 9.17) is 0 Å². The van der Waals surface area contributed by atoms with E-state index in [1.54, 1.807) is 28.6 Å². The highest BCUT2D eigenvalue weighted by Crippen LogP contribution is 2.23. The van der Waals surface area contributed by atoms with Crippen LogP contribution in [0.2, 0.25) is 0 Å².